The Bertz CT molecular complexity index is 455. The Balaban J connectivity index is 2.23. The minimum Gasteiger partial charge on any atom is -0.381 e. The third-order valence-electron chi connectivity index (χ3n) is 3.43. The number of rotatable bonds is 5. The van der Waals surface area contributed by atoms with Gasteiger partial charge in [0.05, 0.1) is 0 Å². The summed E-state index contributed by atoms with van der Waals surface area (Å²) in [4.78, 5) is 16.4. The van der Waals surface area contributed by atoms with Crippen LogP contribution in [-0.4, -0.2) is 35.0 Å². The van der Waals surface area contributed by atoms with Gasteiger partial charge in [-0.15, -0.1) is 0 Å². The van der Waals surface area contributed by atoms with Crippen molar-refractivity contribution in [2.45, 2.75) is 44.6 Å². The van der Waals surface area contributed by atoms with Crippen LogP contribution in [0.5, 0.6) is 0 Å². The first-order chi connectivity index (χ1) is 9.57. The molecule has 1 aromatic rings. The Morgan fingerprint density at radius 1 is 1.45 bits per heavy atom. The van der Waals surface area contributed by atoms with E-state index in [1.54, 1.807) is 0 Å². The molecule has 112 valence electrons. The SMILES string of the molecule is CC(C)c1noc(C2(NC(=O)CCS)CCOCC2)n1. The third kappa shape index (κ3) is 3.32. The second-order valence-corrected chi connectivity index (χ2v) is 5.78. The number of hydrogen-bond donors (Lipinski definition) is 2. The summed E-state index contributed by atoms with van der Waals surface area (Å²) in [6, 6.07) is 0. The first-order valence-electron chi connectivity index (χ1n) is 6.91. The van der Waals surface area contributed by atoms with Crippen molar-refractivity contribution in [1.82, 2.24) is 15.5 Å². The highest BCUT2D eigenvalue weighted by atomic mass is 32.1. The van der Waals surface area contributed by atoms with Crippen LogP contribution < -0.4 is 5.32 Å². The van der Waals surface area contributed by atoms with Crippen molar-refractivity contribution in [1.29, 1.82) is 0 Å². The molecule has 6 nitrogen and oxygen atoms in total. The lowest BCUT2D eigenvalue weighted by molar-refractivity contribution is -0.124. The molecule has 0 bridgehead atoms. The van der Waals surface area contributed by atoms with Crippen LogP contribution >= 0.6 is 12.6 Å². The second kappa shape index (κ2) is 6.58. The minimum atomic E-state index is -0.599. The zero-order chi connectivity index (χ0) is 14.6. The molecule has 2 heterocycles. The number of hydrogen-bond acceptors (Lipinski definition) is 6. The number of amides is 1. The Morgan fingerprint density at radius 2 is 2.15 bits per heavy atom. The predicted molar refractivity (Wildman–Crippen MR) is 76.7 cm³/mol. The summed E-state index contributed by atoms with van der Waals surface area (Å²) in [5.41, 5.74) is -0.599. The number of nitrogens with one attached hydrogen (secondary N) is 1. The fraction of sp³-hybridized carbons (Fsp3) is 0.769. The average Bonchev–Trinajstić information content (AvgIpc) is 2.90. The summed E-state index contributed by atoms with van der Waals surface area (Å²) in [7, 11) is 0. The first-order valence-corrected chi connectivity index (χ1v) is 7.54. The van der Waals surface area contributed by atoms with E-state index in [0.29, 0.717) is 49.9 Å². The van der Waals surface area contributed by atoms with Crippen molar-refractivity contribution in [3.05, 3.63) is 11.7 Å². The van der Waals surface area contributed by atoms with Gasteiger partial charge in [-0.25, -0.2) is 0 Å². The standard InChI is InChI=1S/C13H21N3O3S/c1-9(2)11-14-12(19-16-11)13(4-6-18-7-5-13)15-10(17)3-8-20/h9,20H,3-8H2,1-2H3,(H,15,17). The largest absolute Gasteiger partial charge is 0.381 e. The summed E-state index contributed by atoms with van der Waals surface area (Å²) in [6.07, 6.45) is 1.66. The minimum absolute atomic E-state index is 0.0498. The van der Waals surface area contributed by atoms with Crippen LogP contribution in [0.2, 0.25) is 0 Å². The van der Waals surface area contributed by atoms with Crippen molar-refractivity contribution >= 4 is 18.5 Å². The van der Waals surface area contributed by atoms with Gasteiger partial charge in [-0.2, -0.15) is 17.6 Å². The van der Waals surface area contributed by atoms with E-state index in [9.17, 15) is 4.79 Å². The van der Waals surface area contributed by atoms with Gasteiger partial charge in [0.2, 0.25) is 5.91 Å². The van der Waals surface area contributed by atoms with Gasteiger partial charge in [0.15, 0.2) is 5.82 Å². The highest BCUT2D eigenvalue weighted by Crippen LogP contribution is 2.31. The van der Waals surface area contributed by atoms with Gasteiger partial charge in [0.25, 0.3) is 5.89 Å². The molecule has 0 unspecified atom stereocenters. The lowest BCUT2D eigenvalue weighted by Gasteiger charge is -2.34. The van der Waals surface area contributed by atoms with Crippen molar-refractivity contribution < 1.29 is 14.1 Å². The Labute approximate surface area is 124 Å². The van der Waals surface area contributed by atoms with Gasteiger partial charge in [0, 0.05) is 38.4 Å². The molecule has 1 N–H and O–H groups in total. The van der Waals surface area contributed by atoms with Crippen molar-refractivity contribution in [3.63, 3.8) is 0 Å². The molecular weight excluding hydrogens is 278 g/mol. The molecule has 0 spiro atoms. The first kappa shape index (κ1) is 15.3. The van der Waals surface area contributed by atoms with Gasteiger partial charge in [-0.05, 0) is 5.75 Å². The van der Waals surface area contributed by atoms with E-state index in [1.165, 1.54) is 0 Å². The smallest absolute Gasteiger partial charge is 0.252 e. The fourth-order valence-corrected chi connectivity index (χ4v) is 2.41. The van der Waals surface area contributed by atoms with Crippen LogP contribution in [0, 0.1) is 0 Å². The van der Waals surface area contributed by atoms with E-state index in [0.717, 1.165) is 0 Å². The number of carbonyl (C=O) groups excluding carboxylic acids is 1. The molecule has 1 amide bonds. The Hall–Kier alpha value is -1.08. The zero-order valence-corrected chi connectivity index (χ0v) is 12.8. The monoisotopic (exact) mass is 299 g/mol. The molecule has 1 aromatic heterocycles. The molecule has 0 saturated carbocycles. The average molecular weight is 299 g/mol. The molecule has 1 aliphatic rings. The van der Waals surface area contributed by atoms with Gasteiger partial charge in [-0.3, -0.25) is 4.79 Å². The molecule has 2 rings (SSSR count). The maximum absolute atomic E-state index is 11.9. The van der Waals surface area contributed by atoms with Gasteiger partial charge in [-0.1, -0.05) is 19.0 Å². The van der Waals surface area contributed by atoms with E-state index in [4.69, 9.17) is 9.26 Å². The van der Waals surface area contributed by atoms with Crippen LogP contribution in [0.25, 0.3) is 0 Å². The van der Waals surface area contributed by atoms with Crippen LogP contribution in [0.3, 0.4) is 0 Å². The molecular formula is C13H21N3O3S. The van der Waals surface area contributed by atoms with E-state index >= 15 is 0 Å². The number of aromatic nitrogens is 2. The second-order valence-electron chi connectivity index (χ2n) is 5.33. The summed E-state index contributed by atoms with van der Waals surface area (Å²) < 4.78 is 10.8. The lowest BCUT2D eigenvalue weighted by Crippen LogP contribution is -2.49. The summed E-state index contributed by atoms with van der Waals surface area (Å²) in [6.45, 7) is 5.15. The molecule has 7 heteroatoms. The van der Waals surface area contributed by atoms with Crippen molar-refractivity contribution in [3.8, 4) is 0 Å². The van der Waals surface area contributed by atoms with Gasteiger partial charge in [0.1, 0.15) is 5.54 Å². The van der Waals surface area contributed by atoms with Crippen LogP contribution in [0.15, 0.2) is 4.52 Å². The molecule has 0 radical (unpaired) electrons. The molecule has 1 fully saturated rings. The molecule has 0 aliphatic carbocycles. The lowest BCUT2D eigenvalue weighted by atomic mass is 9.89. The maximum Gasteiger partial charge on any atom is 0.252 e. The summed E-state index contributed by atoms with van der Waals surface area (Å²) in [5.74, 6) is 1.80. The number of nitrogens with zero attached hydrogens (tertiary/aromatic N) is 2. The van der Waals surface area contributed by atoms with Crippen LogP contribution in [-0.2, 0) is 15.1 Å². The van der Waals surface area contributed by atoms with E-state index in [-0.39, 0.29) is 11.8 Å². The highest BCUT2D eigenvalue weighted by Gasteiger charge is 2.41. The maximum atomic E-state index is 11.9. The molecule has 20 heavy (non-hydrogen) atoms. The number of carbonyl (C=O) groups is 1. The van der Waals surface area contributed by atoms with Crippen LogP contribution in [0.4, 0.5) is 0 Å². The normalized spacial score (nSPS) is 18.2. The Kier molecular flexibility index (Phi) is 5.04. The molecule has 0 aromatic carbocycles. The van der Waals surface area contributed by atoms with Crippen LogP contribution in [0.1, 0.15) is 50.7 Å². The van der Waals surface area contributed by atoms with Gasteiger partial charge >= 0.3 is 0 Å². The van der Waals surface area contributed by atoms with E-state index in [1.807, 2.05) is 13.8 Å². The van der Waals surface area contributed by atoms with Crippen molar-refractivity contribution in [2.75, 3.05) is 19.0 Å². The predicted octanol–water partition coefficient (Wildman–Crippen LogP) is 1.63. The van der Waals surface area contributed by atoms with Crippen molar-refractivity contribution in [2.24, 2.45) is 0 Å². The summed E-state index contributed by atoms with van der Waals surface area (Å²) in [5, 5.41) is 7.03. The number of ether oxygens (including phenoxy) is 1. The topological polar surface area (TPSA) is 77.2 Å². The van der Waals surface area contributed by atoms with Gasteiger partial charge < -0.3 is 14.6 Å². The molecule has 1 aliphatic heterocycles. The quantitative estimate of drug-likeness (QED) is 0.808. The zero-order valence-electron chi connectivity index (χ0n) is 11.9. The fourth-order valence-electron chi connectivity index (χ4n) is 2.21. The summed E-state index contributed by atoms with van der Waals surface area (Å²) >= 11 is 4.09. The molecule has 0 atom stereocenters. The Morgan fingerprint density at radius 3 is 2.70 bits per heavy atom. The highest BCUT2D eigenvalue weighted by molar-refractivity contribution is 7.80. The van der Waals surface area contributed by atoms with E-state index < -0.39 is 5.54 Å². The molecule has 1 saturated heterocycles. The number of thiol groups is 1. The third-order valence-corrected chi connectivity index (χ3v) is 3.66. The van der Waals surface area contributed by atoms with E-state index in [2.05, 4.69) is 28.1 Å².